The van der Waals surface area contributed by atoms with Crippen molar-refractivity contribution in [3.05, 3.63) is 36.3 Å². The third-order valence-electron chi connectivity index (χ3n) is 4.41. The maximum absolute atomic E-state index is 14.2. The lowest BCUT2D eigenvalue weighted by molar-refractivity contribution is 0.409. The van der Waals surface area contributed by atoms with Crippen LogP contribution in [0, 0.1) is 11.7 Å². The van der Waals surface area contributed by atoms with Crippen LogP contribution < -0.4 is 21.1 Å². The number of rotatable bonds is 5. The summed E-state index contributed by atoms with van der Waals surface area (Å²) in [6, 6.07) is 5.83. The summed E-state index contributed by atoms with van der Waals surface area (Å²) in [5.41, 5.74) is 6.26. The highest BCUT2D eigenvalue weighted by Crippen LogP contribution is 2.25. The van der Waals surface area contributed by atoms with Gasteiger partial charge in [-0.1, -0.05) is 0 Å². The van der Waals surface area contributed by atoms with Gasteiger partial charge in [-0.3, -0.25) is 0 Å². The van der Waals surface area contributed by atoms with Gasteiger partial charge in [-0.2, -0.15) is 4.98 Å². The van der Waals surface area contributed by atoms with Gasteiger partial charge in [0.1, 0.15) is 0 Å². The van der Waals surface area contributed by atoms with E-state index in [1.165, 1.54) is 12.1 Å². The highest BCUT2D eigenvalue weighted by molar-refractivity contribution is 7.89. The number of aromatic nitrogens is 2. The first-order valence-electron chi connectivity index (χ1n) is 8.24. The maximum atomic E-state index is 14.2. The van der Waals surface area contributed by atoms with Crippen molar-refractivity contribution >= 4 is 27.5 Å². The topological polar surface area (TPSA) is 127 Å². The van der Waals surface area contributed by atoms with Crippen molar-refractivity contribution < 1.29 is 12.8 Å². The quantitative estimate of drug-likeness (QED) is 0.711. The van der Waals surface area contributed by atoms with Crippen LogP contribution in [-0.4, -0.2) is 38.0 Å². The second-order valence-corrected chi connectivity index (χ2v) is 7.79. The van der Waals surface area contributed by atoms with E-state index < -0.39 is 15.8 Å². The van der Waals surface area contributed by atoms with E-state index in [0.717, 1.165) is 19.0 Å². The minimum absolute atomic E-state index is 0.00605. The average molecular weight is 380 g/mol. The molecular weight excluding hydrogens is 359 g/mol. The zero-order valence-corrected chi connectivity index (χ0v) is 14.9. The van der Waals surface area contributed by atoms with Crippen molar-refractivity contribution in [1.29, 1.82) is 0 Å². The van der Waals surface area contributed by atoms with Crippen molar-refractivity contribution in [2.24, 2.45) is 16.8 Å². The lowest BCUT2D eigenvalue weighted by Gasteiger charge is -2.32. The Morgan fingerprint density at radius 1 is 1.23 bits per heavy atom. The number of nitrogens with two attached hydrogens (primary N) is 2. The van der Waals surface area contributed by atoms with Crippen LogP contribution in [0.15, 0.2) is 35.4 Å². The van der Waals surface area contributed by atoms with Gasteiger partial charge in [0, 0.05) is 18.8 Å². The molecule has 2 aromatic rings. The van der Waals surface area contributed by atoms with E-state index in [-0.39, 0.29) is 16.7 Å². The summed E-state index contributed by atoms with van der Waals surface area (Å²) in [6.45, 7) is 2.03. The Morgan fingerprint density at radius 3 is 2.46 bits per heavy atom. The van der Waals surface area contributed by atoms with Crippen molar-refractivity contribution in [3.63, 3.8) is 0 Å². The van der Waals surface area contributed by atoms with Crippen molar-refractivity contribution in [1.82, 2.24) is 9.97 Å². The number of halogens is 1. The van der Waals surface area contributed by atoms with E-state index in [2.05, 4.69) is 15.3 Å². The number of primary sulfonamides is 1. The van der Waals surface area contributed by atoms with Gasteiger partial charge in [-0.25, -0.2) is 22.9 Å². The number of hydrogen-bond acceptors (Lipinski definition) is 7. The van der Waals surface area contributed by atoms with E-state index in [1.807, 2.05) is 4.90 Å². The van der Waals surface area contributed by atoms with E-state index >= 15 is 0 Å². The first-order valence-corrected chi connectivity index (χ1v) is 9.79. The summed E-state index contributed by atoms with van der Waals surface area (Å²) in [7, 11) is -3.75. The normalized spacial score (nSPS) is 15.9. The first-order chi connectivity index (χ1) is 12.4. The second kappa shape index (κ2) is 7.52. The molecule has 0 amide bonds. The molecule has 0 atom stereocenters. The molecule has 0 radical (unpaired) electrons. The summed E-state index contributed by atoms with van der Waals surface area (Å²) < 4.78 is 36.7. The summed E-state index contributed by atoms with van der Waals surface area (Å²) in [5, 5.41) is 8.01. The minimum atomic E-state index is -3.75. The Kier molecular flexibility index (Phi) is 5.35. The fourth-order valence-electron chi connectivity index (χ4n) is 2.88. The zero-order valence-electron chi connectivity index (χ0n) is 14.1. The standard InChI is InChI=1S/C16H21FN6O2S/c17-14-10-20-16(21-12-1-3-13(4-2-12)26(19,24)25)22-15(14)23-7-5-11(9-18)6-8-23/h1-4,10-11H,5-9,18H2,(H2,19,24,25)(H,20,21,22). The average Bonchev–Trinajstić information content (AvgIpc) is 2.63. The predicted octanol–water partition coefficient (Wildman–Crippen LogP) is 1.18. The first kappa shape index (κ1) is 18.5. The smallest absolute Gasteiger partial charge is 0.238 e. The summed E-state index contributed by atoms with van der Waals surface area (Å²) >= 11 is 0. The van der Waals surface area contributed by atoms with Crippen molar-refractivity contribution in [2.75, 3.05) is 29.9 Å². The molecule has 140 valence electrons. The summed E-state index contributed by atoms with van der Waals surface area (Å²) in [5.74, 6) is 0.460. The zero-order chi connectivity index (χ0) is 18.7. The minimum Gasteiger partial charge on any atom is -0.354 e. The lowest BCUT2D eigenvalue weighted by Crippen LogP contribution is -2.37. The van der Waals surface area contributed by atoms with E-state index in [0.29, 0.717) is 31.2 Å². The molecule has 0 aliphatic carbocycles. The van der Waals surface area contributed by atoms with Gasteiger partial charge in [0.05, 0.1) is 11.1 Å². The Labute approximate surface area is 151 Å². The lowest BCUT2D eigenvalue weighted by atomic mass is 9.97. The number of anilines is 3. The van der Waals surface area contributed by atoms with Gasteiger partial charge in [0.15, 0.2) is 11.6 Å². The molecule has 2 heterocycles. The third-order valence-corrected chi connectivity index (χ3v) is 5.34. The summed E-state index contributed by atoms with van der Waals surface area (Å²) in [4.78, 5) is 10.1. The van der Waals surface area contributed by atoms with Crippen LogP contribution >= 0.6 is 0 Å². The molecule has 26 heavy (non-hydrogen) atoms. The van der Waals surface area contributed by atoms with Crippen LogP contribution in [0.4, 0.5) is 21.8 Å². The van der Waals surface area contributed by atoms with E-state index in [4.69, 9.17) is 10.9 Å². The molecule has 1 fully saturated rings. The fourth-order valence-corrected chi connectivity index (χ4v) is 3.39. The Morgan fingerprint density at radius 2 is 1.88 bits per heavy atom. The number of nitrogens with zero attached hydrogens (tertiary/aromatic N) is 3. The molecule has 1 aliphatic rings. The van der Waals surface area contributed by atoms with Crippen LogP contribution in [0.25, 0.3) is 0 Å². The van der Waals surface area contributed by atoms with Gasteiger partial charge < -0.3 is 16.0 Å². The van der Waals surface area contributed by atoms with Crippen LogP contribution in [0.3, 0.4) is 0 Å². The Hall–Kier alpha value is -2.30. The molecular formula is C16H21FN6O2S. The highest BCUT2D eigenvalue weighted by atomic mass is 32.2. The van der Waals surface area contributed by atoms with Crippen molar-refractivity contribution in [3.8, 4) is 0 Å². The molecule has 10 heteroatoms. The van der Waals surface area contributed by atoms with Gasteiger partial charge >= 0.3 is 0 Å². The molecule has 0 bridgehead atoms. The number of sulfonamides is 1. The van der Waals surface area contributed by atoms with Crippen molar-refractivity contribution in [2.45, 2.75) is 17.7 Å². The monoisotopic (exact) mass is 380 g/mol. The molecule has 8 nitrogen and oxygen atoms in total. The molecule has 0 unspecified atom stereocenters. The van der Waals surface area contributed by atoms with Gasteiger partial charge in [0.25, 0.3) is 0 Å². The van der Waals surface area contributed by atoms with Crippen LogP contribution in [0.1, 0.15) is 12.8 Å². The second-order valence-electron chi connectivity index (χ2n) is 6.23. The van der Waals surface area contributed by atoms with Crippen LogP contribution in [-0.2, 0) is 10.0 Å². The predicted molar refractivity (Wildman–Crippen MR) is 97.1 cm³/mol. The Balaban J connectivity index is 1.75. The largest absolute Gasteiger partial charge is 0.354 e. The van der Waals surface area contributed by atoms with Crippen LogP contribution in [0.5, 0.6) is 0 Å². The highest BCUT2D eigenvalue weighted by Gasteiger charge is 2.22. The molecule has 0 spiro atoms. The number of hydrogen-bond donors (Lipinski definition) is 3. The molecule has 1 aromatic carbocycles. The SMILES string of the molecule is NCC1CCN(c2nc(Nc3ccc(S(N)(=O)=O)cc3)ncc2F)CC1. The molecule has 0 saturated carbocycles. The molecule has 1 aromatic heterocycles. The number of benzene rings is 1. The molecule has 5 N–H and O–H groups in total. The molecule has 1 aliphatic heterocycles. The van der Waals surface area contributed by atoms with Crippen LogP contribution in [0.2, 0.25) is 0 Å². The Bertz CT molecular complexity index is 867. The number of piperidine rings is 1. The number of nitrogens with one attached hydrogen (secondary N) is 1. The fraction of sp³-hybridized carbons (Fsp3) is 0.375. The maximum Gasteiger partial charge on any atom is 0.238 e. The molecule has 1 saturated heterocycles. The molecule has 3 rings (SSSR count). The van der Waals surface area contributed by atoms with Gasteiger partial charge in [0.2, 0.25) is 16.0 Å². The van der Waals surface area contributed by atoms with Gasteiger partial charge in [-0.05, 0) is 49.6 Å². The van der Waals surface area contributed by atoms with E-state index in [9.17, 15) is 12.8 Å². The van der Waals surface area contributed by atoms with Gasteiger partial charge in [-0.15, -0.1) is 0 Å². The van der Waals surface area contributed by atoms with E-state index in [1.54, 1.807) is 12.1 Å². The summed E-state index contributed by atoms with van der Waals surface area (Å²) in [6.07, 6.45) is 2.92. The third kappa shape index (κ3) is 4.26.